The van der Waals surface area contributed by atoms with E-state index in [4.69, 9.17) is 5.11 Å². The van der Waals surface area contributed by atoms with Gasteiger partial charge in [-0.15, -0.1) is 0 Å². The van der Waals surface area contributed by atoms with Gasteiger partial charge in [0.15, 0.2) is 11.6 Å². The molecule has 1 unspecified atom stereocenters. The predicted molar refractivity (Wildman–Crippen MR) is 67.5 cm³/mol. The highest BCUT2D eigenvalue weighted by Gasteiger charge is 2.27. The Bertz CT molecular complexity index is 622. The van der Waals surface area contributed by atoms with Crippen LogP contribution in [0.15, 0.2) is 12.4 Å². The number of carbonyl (C=O) groups is 1. The molecule has 0 bridgehead atoms. The van der Waals surface area contributed by atoms with Crippen molar-refractivity contribution >= 4 is 5.97 Å². The van der Waals surface area contributed by atoms with E-state index in [1.165, 1.54) is 0 Å². The lowest BCUT2D eigenvalue weighted by molar-refractivity contribution is -0.142. The summed E-state index contributed by atoms with van der Waals surface area (Å²) in [5.74, 6) is 0.172. The van der Waals surface area contributed by atoms with Crippen LogP contribution in [0.2, 0.25) is 0 Å². The number of rotatable bonds is 2. The van der Waals surface area contributed by atoms with E-state index < -0.39 is 5.97 Å². The molecule has 2 aromatic rings. The largest absolute Gasteiger partial charge is 0.481 e. The summed E-state index contributed by atoms with van der Waals surface area (Å²) in [7, 11) is 0. The average molecular weight is 258 g/mol. The fraction of sp³-hybridized carbons (Fsp3) is 0.385. The lowest BCUT2D eigenvalue weighted by atomic mass is 9.86. The number of H-pyrrole nitrogens is 1. The lowest BCUT2D eigenvalue weighted by Gasteiger charge is -2.22. The zero-order valence-electron chi connectivity index (χ0n) is 10.6. The van der Waals surface area contributed by atoms with Gasteiger partial charge in [0.2, 0.25) is 0 Å². The summed E-state index contributed by atoms with van der Waals surface area (Å²) in [6, 6.07) is 0. The Labute approximate surface area is 109 Å². The fourth-order valence-corrected chi connectivity index (χ4v) is 2.49. The number of aromatic nitrogens is 4. The summed E-state index contributed by atoms with van der Waals surface area (Å²) >= 11 is 0. The van der Waals surface area contributed by atoms with Crippen LogP contribution in [0.4, 0.5) is 0 Å². The number of nitrogens with one attached hydrogen (secondary N) is 1. The molecule has 0 fully saturated rings. The quantitative estimate of drug-likeness (QED) is 0.848. The molecule has 0 spiro atoms. The Balaban J connectivity index is 2.00. The summed E-state index contributed by atoms with van der Waals surface area (Å²) in [5.41, 5.74) is 2.78. The van der Waals surface area contributed by atoms with Crippen LogP contribution in [-0.4, -0.2) is 31.0 Å². The van der Waals surface area contributed by atoms with Gasteiger partial charge in [0.1, 0.15) is 0 Å². The van der Waals surface area contributed by atoms with Gasteiger partial charge in [-0.3, -0.25) is 4.79 Å². The standard InChI is InChI=1S/C13H14N4O2/c1-7-9-6-8(13(18)19)2-3-10(9)17-12(16-7)11-14-4-5-15-11/h4-5,8H,2-3,6H2,1H3,(H,14,15)(H,18,19). The number of hydrogen-bond acceptors (Lipinski definition) is 4. The van der Waals surface area contributed by atoms with Gasteiger partial charge in [-0.05, 0) is 31.7 Å². The first kappa shape index (κ1) is 11.8. The van der Waals surface area contributed by atoms with Gasteiger partial charge in [-0.1, -0.05) is 0 Å². The summed E-state index contributed by atoms with van der Waals surface area (Å²) in [5, 5.41) is 9.10. The molecule has 6 nitrogen and oxygen atoms in total. The molecule has 0 radical (unpaired) electrons. The average Bonchev–Trinajstić information content (AvgIpc) is 2.92. The van der Waals surface area contributed by atoms with Crippen molar-refractivity contribution in [2.45, 2.75) is 26.2 Å². The first-order valence-electron chi connectivity index (χ1n) is 6.24. The highest BCUT2D eigenvalue weighted by molar-refractivity contribution is 5.71. The normalized spacial score (nSPS) is 18.1. The van der Waals surface area contributed by atoms with Crippen molar-refractivity contribution in [1.29, 1.82) is 0 Å². The van der Waals surface area contributed by atoms with Crippen molar-refractivity contribution in [3.05, 3.63) is 29.3 Å². The molecule has 0 aromatic carbocycles. The number of aryl methyl sites for hydroxylation is 2. The number of carboxylic acid groups (broad SMARTS) is 1. The smallest absolute Gasteiger partial charge is 0.306 e. The van der Waals surface area contributed by atoms with Gasteiger partial charge in [0.05, 0.1) is 5.92 Å². The van der Waals surface area contributed by atoms with Gasteiger partial charge in [0.25, 0.3) is 0 Å². The minimum Gasteiger partial charge on any atom is -0.481 e. The molecule has 0 saturated heterocycles. The molecular weight excluding hydrogens is 244 g/mol. The maximum Gasteiger partial charge on any atom is 0.306 e. The third-order valence-corrected chi connectivity index (χ3v) is 3.54. The predicted octanol–water partition coefficient (Wildman–Crippen LogP) is 1.36. The lowest BCUT2D eigenvalue weighted by Crippen LogP contribution is -2.24. The molecule has 2 aromatic heterocycles. The Hall–Kier alpha value is -2.24. The second kappa shape index (κ2) is 4.46. The van der Waals surface area contributed by atoms with E-state index in [1.54, 1.807) is 12.4 Å². The van der Waals surface area contributed by atoms with Gasteiger partial charge >= 0.3 is 5.97 Å². The van der Waals surface area contributed by atoms with Crippen molar-refractivity contribution in [2.75, 3.05) is 0 Å². The fourth-order valence-electron chi connectivity index (χ4n) is 2.49. The van der Waals surface area contributed by atoms with E-state index >= 15 is 0 Å². The zero-order chi connectivity index (χ0) is 13.4. The van der Waals surface area contributed by atoms with E-state index in [0.29, 0.717) is 30.9 Å². The van der Waals surface area contributed by atoms with Gasteiger partial charge in [-0.25, -0.2) is 15.0 Å². The highest BCUT2D eigenvalue weighted by Crippen LogP contribution is 2.27. The molecule has 3 rings (SSSR count). The number of aromatic amines is 1. The zero-order valence-corrected chi connectivity index (χ0v) is 10.6. The molecule has 19 heavy (non-hydrogen) atoms. The van der Waals surface area contributed by atoms with E-state index in [0.717, 1.165) is 17.0 Å². The Kier molecular flexibility index (Phi) is 2.77. The van der Waals surface area contributed by atoms with Crippen molar-refractivity contribution in [3.63, 3.8) is 0 Å². The van der Waals surface area contributed by atoms with Crippen LogP contribution >= 0.6 is 0 Å². The molecule has 0 aliphatic heterocycles. The van der Waals surface area contributed by atoms with Crippen LogP contribution in [0.3, 0.4) is 0 Å². The maximum atomic E-state index is 11.1. The number of hydrogen-bond donors (Lipinski definition) is 2. The monoisotopic (exact) mass is 258 g/mol. The molecule has 0 saturated carbocycles. The molecule has 0 amide bonds. The third kappa shape index (κ3) is 2.09. The summed E-state index contributed by atoms with van der Waals surface area (Å²) in [4.78, 5) is 27.1. The summed E-state index contributed by atoms with van der Waals surface area (Å²) in [6.07, 6.45) is 5.23. The second-order valence-electron chi connectivity index (χ2n) is 4.77. The van der Waals surface area contributed by atoms with E-state index in [9.17, 15) is 4.79 Å². The molecule has 1 atom stereocenters. The SMILES string of the molecule is Cc1nc(-c2ncc[nH]2)nc2c1CC(C(=O)O)CC2. The Morgan fingerprint density at radius 1 is 1.47 bits per heavy atom. The van der Waals surface area contributed by atoms with E-state index in [2.05, 4.69) is 19.9 Å². The maximum absolute atomic E-state index is 11.1. The summed E-state index contributed by atoms with van der Waals surface area (Å²) in [6.45, 7) is 1.90. The first-order chi connectivity index (χ1) is 9.15. The van der Waals surface area contributed by atoms with Crippen molar-refractivity contribution in [3.8, 4) is 11.6 Å². The van der Waals surface area contributed by atoms with E-state index in [-0.39, 0.29) is 5.92 Å². The Morgan fingerprint density at radius 3 is 3.00 bits per heavy atom. The molecule has 1 aliphatic rings. The molecule has 2 N–H and O–H groups in total. The Morgan fingerprint density at radius 2 is 2.32 bits per heavy atom. The number of nitrogens with zero attached hydrogens (tertiary/aromatic N) is 3. The van der Waals surface area contributed by atoms with Crippen LogP contribution < -0.4 is 0 Å². The van der Waals surface area contributed by atoms with Crippen LogP contribution in [0.25, 0.3) is 11.6 Å². The molecule has 6 heteroatoms. The molecule has 98 valence electrons. The van der Waals surface area contributed by atoms with Crippen LogP contribution in [-0.2, 0) is 17.6 Å². The van der Waals surface area contributed by atoms with Gasteiger partial charge in [0, 0.05) is 23.8 Å². The van der Waals surface area contributed by atoms with Gasteiger partial charge in [-0.2, -0.15) is 0 Å². The molecule has 2 heterocycles. The van der Waals surface area contributed by atoms with Crippen molar-refractivity contribution in [1.82, 2.24) is 19.9 Å². The summed E-state index contributed by atoms with van der Waals surface area (Å²) < 4.78 is 0. The third-order valence-electron chi connectivity index (χ3n) is 3.54. The van der Waals surface area contributed by atoms with Gasteiger partial charge < -0.3 is 10.1 Å². The van der Waals surface area contributed by atoms with Crippen LogP contribution in [0.5, 0.6) is 0 Å². The number of aliphatic carboxylic acids is 1. The van der Waals surface area contributed by atoms with Crippen LogP contribution in [0, 0.1) is 12.8 Å². The second-order valence-corrected chi connectivity index (χ2v) is 4.77. The number of fused-ring (bicyclic) bond motifs is 1. The number of carboxylic acids is 1. The number of imidazole rings is 1. The molecular formula is C13H14N4O2. The van der Waals surface area contributed by atoms with Crippen LogP contribution in [0.1, 0.15) is 23.4 Å². The topological polar surface area (TPSA) is 91.8 Å². The van der Waals surface area contributed by atoms with Crippen molar-refractivity contribution in [2.24, 2.45) is 5.92 Å². The highest BCUT2D eigenvalue weighted by atomic mass is 16.4. The minimum absolute atomic E-state index is 0.315. The first-order valence-corrected chi connectivity index (χ1v) is 6.24. The van der Waals surface area contributed by atoms with Crippen molar-refractivity contribution < 1.29 is 9.90 Å². The minimum atomic E-state index is -0.736. The molecule has 1 aliphatic carbocycles. The van der Waals surface area contributed by atoms with E-state index in [1.807, 2.05) is 6.92 Å².